The van der Waals surface area contributed by atoms with E-state index in [-0.39, 0.29) is 5.54 Å². The summed E-state index contributed by atoms with van der Waals surface area (Å²) in [6.45, 7) is 12.3. The summed E-state index contributed by atoms with van der Waals surface area (Å²) >= 11 is 0. The van der Waals surface area contributed by atoms with E-state index in [1.54, 1.807) is 0 Å². The highest BCUT2D eigenvalue weighted by Crippen LogP contribution is 2.29. The summed E-state index contributed by atoms with van der Waals surface area (Å²) in [5.41, 5.74) is 1.37. The van der Waals surface area contributed by atoms with Crippen molar-refractivity contribution in [1.29, 1.82) is 0 Å². The molecular formula is C16H29N3. The van der Waals surface area contributed by atoms with Gasteiger partial charge in [0, 0.05) is 24.3 Å². The first-order valence-electron chi connectivity index (χ1n) is 7.63. The van der Waals surface area contributed by atoms with E-state index in [0.717, 1.165) is 18.4 Å². The number of hydrogen-bond donors (Lipinski definition) is 1. The first-order valence-corrected chi connectivity index (χ1v) is 7.63. The lowest BCUT2D eigenvalue weighted by atomic mass is 9.79. The van der Waals surface area contributed by atoms with Gasteiger partial charge in [-0.15, -0.1) is 0 Å². The molecule has 0 spiro atoms. The average molecular weight is 263 g/mol. The molecule has 1 aliphatic rings. The van der Waals surface area contributed by atoms with Crippen molar-refractivity contribution in [2.24, 2.45) is 11.8 Å². The highest BCUT2D eigenvalue weighted by molar-refractivity contribution is 5.05. The van der Waals surface area contributed by atoms with Crippen LogP contribution in [-0.2, 0) is 12.1 Å². The molecule has 1 aliphatic carbocycles. The molecule has 3 unspecified atom stereocenters. The molecule has 108 valence electrons. The van der Waals surface area contributed by atoms with Gasteiger partial charge in [-0.3, -0.25) is 4.68 Å². The van der Waals surface area contributed by atoms with E-state index in [2.05, 4.69) is 55.9 Å². The quantitative estimate of drug-likeness (QED) is 0.904. The number of nitrogens with one attached hydrogen (secondary N) is 1. The fourth-order valence-corrected chi connectivity index (χ4v) is 2.81. The maximum atomic E-state index is 4.45. The third kappa shape index (κ3) is 3.82. The summed E-state index contributed by atoms with van der Waals surface area (Å²) in [6.07, 6.45) is 8.16. The first-order chi connectivity index (χ1) is 8.86. The van der Waals surface area contributed by atoms with Crippen LogP contribution >= 0.6 is 0 Å². The molecule has 0 saturated heterocycles. The van der Waals surface area contributed by atoms with Crippen LogP contribution in [0.25, 0.3) is 0 Å². The SMILES string of the molecule is CC1CCC(NCc2cnn(C(C)(C)C)c2)CC1C. The largest absolute Gasteiger partial charge is 0.310 e. The second-order valence-corrected chi connectivity index (χ2v) is 7.31. The molecule has 0 radical (unpaired) electrons. The van der Waals surface area contributed by atoms with Crippen LogP contribution in [0.3, 0.4) is 0 Å². The van der Waals surface area contributed by atoms with E-state index in [0.29, 0.717) is 6.04 Å². The standard InChI is InChI=1S/C16H29N3/c1-12-6-7-15(8-13(12)2)17-9-14-10-18-19(11-14)16(3,4)5/h10-13,15,17H,6-9H2,1-5H3. The molecule has 2 rings (SSSR count). The Morgan fingerprint density at radius 1 is 1.26 bits per heavy atom. The molecule has 3 atom stereocenters. The van der Waals surface area contributed by atoms with Gasteiger partial charge in [0.25, 0.3) is 0 Å². The molecule has 1 N–H and O–H groups in total. The van der Waals surface area contributed by atoms with Crippen molar-refractivity contribution in [1.82, 2.24) is 15.1 Å². The number of hydrogen-bond acceptors (Lipinski definition) is 2. The van der Waals surface area contributed by atoms with Gasteiger partial charge in [0.05, 0.1) is 11.7 Å². The molecule has 1 fully saturated rings. The first kappa shape index (κ1) is 14.6. The van der Waals surface area contributed by atoms with Crippen LogP contribution in [0.4, 0.5) is 0 Å². The zero-order valence-corrected chi connectivity index (χ0v) is 13.1. The Bertz CT molecular complexity index is 402. The van der Waals surface area contributed by atoms with Crippen molar-refractivity contribution in [2.75, 3.05) is 0 Å². The zero-order valence-electron chi connectivity index (χ0n) is 13.1. The average Bonchev–Trinajstić information content (AvgIpc) is 2.79. The number of nitrogens with zero attached hydrogens (tertiary/aromatic N) is 2. The van der Waals surface area contributed by atoms with Crippen molar-refractivity contribution in [3.63, 3.8) is 0 Å². The van der Waals surface area contributed by atoms with Crippen LogP contribution in [0.15, 0.2) is 12.4 Å². The Kier molecular flexibility index (Phi) is 4.34. The predicted molar refractivity (Wildman–Crippen MR) is 80.0 cm³/mol. The molecule has 0 aromatic carbocycles. The van der Waals surface area contributed by atoms with Gasteiger partial charge in [0.15, 0.2) is 0 Å². The lowest BCUT2D eigenvalue weighted by molar-refractivity contribution is 0.225. The smallest absolute Gasteiger partial charge is 0.0543 e. The van der Waals surface area contributed by atoms with Crippen LogP contribution in [0.1, 0.15) is 59.4 Å². The van der Waals surface area contributed by atoms with Gasteiger partial charge in [0.2, 0.25) is 0 Å². The predicted octanol–water partition coefficient (Wildman–Crippen LogP) is 3.55. The fourth-order valence-electron chi connectivity index (χ4n) is 2.81. The van der Waals surface area contributed by atoms with Crippen LogP contribution in [0.5, 0.6) is 0 Å². The minimum atomic E-state index is 0.0764. The van der Waals surface area contributed by atoms with E-state index in [9.17, 15) is 0 Å². The number of rotatable bonds is 3. The van der Waals surface area contributed by atoms with Gasteiger partial charge in [-0.1, -0.05) is 13.8 Å². The van der Waals surface area contributed by atoms with Crippen molar-refractivity contribution in [3.8, 4) is 0 Å². The normalized spacial score (nSPS) is 28.6. The highest BCUT2D eigenvalue weighted by atomic mass is 15.3. The second-order valence-electron chi connectivity index (χ2n) is 7.31. The minimum absolute atomic E-state index is 0.0764. The topological polar surface area (TPSA) is 29.9 Å². The molecule has 0 bridgehead atoms. The Morgan fingerprint density at radius 3 is 2.58 bits per heavy atom. The molecule has 1 heterocycles. The molecule has 0 amide bonds. The van der Waals surface area contributed by atoms with Gasteiger partial charge in [-0.2, -0.15) is 5.10 Å². The molecule has 19 heavy (non-hydrogen) atoms. The van der Waals surface area contributed by atoms with Gasteiger partial charge >= 0.3 is 0 Å². The van der Waals surface area contributed by atoms with Gasteiger partial charge in [0.1, 0.15) is 0 Å². The maximum absolute atomic E-state index is 4.45. The summed E-state index contributed by atoms with van der Waals surface area (Å²) in [5, 5.41) is 8.16. The van der Waals surface area contributed by atoms with Gasteiger partial charge in [-0.25, -0.2) is 0 Å². The van der Waals surface area contributed by atoms with Crippen LogP contribution in [0, 0.1) is 11.8 Å². The van der Waals surface area contributed by atoms with Gasteiger partial charge < -0.3 is 5.32 Å². The lowest BCUT2D eigenvalue weighted by Crippen LogP contribution is -2.35. The lowest BCUT2D eigenvalue weighted by Gasteiger charge is -2.32. The van der Waals surface area contributed by atoms with E-state index in [4.69, 9.17) is 0 Å². The van der Waals surface area contributed by atoms with Crippen molar-refractivity contribution in [3.05, 3.63) is 18.0 Å². The summed E-state index contributed by atoms with van der Waals surface area (Å²) in [6, 6.07) is 0.684. The van der Waals surface area contributed by atoms with E-state index >= 15 is 0 Å². The maximum Gasteiger partial charge on any atom is 0.0543 e. The third-order valence-corrected chi connectivity index (χ3v) is 4.52. The molecular weight excluding hydrogens is 234 g/mol. The van der Waals surface area contributed by atoms with E-state index in [1.165, 1.54) is 24.8 Å². The summed E-state index contributed by atoms with van der Waals surface area (Å²) in [7, 11) is 0. The Hall–Kier alpha value is -0.830. The molecule has 1 aromatic heterocycles. The van der Waals surface area contributed by atoms with E-state index < -0.39 is 0 Å². The summed E-state index contributed by atoms with van der Waals surface area (Å²) in [5.74, 6) is 1.74. The number of aromatic nitrogens is 2. The molecule has 1 saturated carbocycles. The van der Waals surface area contributed by atoms with Crippen LogP contribution in [0.2, 0.25) is 0 Å². The van der Waals surface area contributed by atoms with Crippen molar-refractivity contribution < 1.29 is 0 Å². The Balaban J connectivity index is 1.84. The highest BCUT2D eigenvalue weighted by Gasteiger charge is 2.24. The molecule has 3 heteroatoms. The van der Waals surface area contributed by atoms with Crippen molar-refractivity contribution in [2.45, 2.75) is 72.0 Å². The van der Waals surface area contributed by atoms with Crippen molar-refractivity contribution >= 4 is 0 Å². The summed E-state index contributed by atoms with van der Waals surface area (Å²) in [4.78, 5) is 0. The second kappa shape index (κ2) is 5.66. The minimum Gasteiger partial charge on any atom is -0.310 e. The summed E-state index contributed by atoms with van der Waals surface area (Å²) < 4.78 is 2.05. The Labute approximate surface area is 117 Å². The zero-order chi connectivity index (χ0) is 14.0. The van der Waals surface area contributed by atoms with E-state index in [1.807, 2.05) is 6.20 Å². The Morgan fingerprint density at radius 2 is 2.00 bits per heavy atom. The molecule has 0 aliphatic heterocycles. The van der Waals surface area contributed by atoms with Gasteiger partial charge in [-0.05, 0) is 51.9 Å². The third-order valence-electron chi connectivity index (χ3n) is 4.52. The monoisotopic (exact) mass is 263 g/mol. The van der Waals surface area contributed by atoms with Crippen LogP contribution < -0.4 is 5.32 Å². The molecule has 3 nitrogen and oxygen atoms in total. The fraction of sp³-hybridized carbons (Fsp3) is 0.812. The molecule has 1 aromatic rings. The van der Waals surface area contributed by atoms with Crippen LogP contribution in [-0.4, -0.2) is 15.8 Å².